The number of amides is 2. The molecular weight excluding hydrogens is 428 g/mol. The van der Waals surface area contributed by atoms with Gasteiger partial charge in [0.1, 0.15) is 0 Å². The highest BCUT2D eigenvalue weighted by atomic mass is 16.2. The summed E-state index contributed by atoms with van der Waals surface area (Å²) >= 11 is 0. The third-order valence-electron chi connectivity index (χ3n) is 5.38. The maximum atomic E-state index is 12.8. The molecule has 34 heavy (non-hydrogen) atoms. The van der Waals surface area contributed by atoms with Crippen molar-refractivity contribution in [2.75, 3.05) is 10.6 Å². The molecule has 0 unspecified atom stereocenters. The van der Waals surface area contributed by atoms with Gasteiger partial charge in [-0.25, -0.2) is 14.6 Å². The molecular formula is C26H26N6O2. The van der Waals surface area contributed by atoms with Crippen LogP contribution in [0.4, 0.5) is 11.4 Å². The monoisotopic (exact) mass is 454 g/mol. The molecule has 0 spiro atoms. The zero-order valence-electron chi connectivity index (χ0n) is 19.6. The number of benzene rings is 2. The first-order chi connectivity index (χ1) is 16.3. The van der Waals surface area contributed by atoms with E-state index in [-0.39, 0.29) is 18.2 Å². The lowest BCUT2D eigenvalue weighted by atomic mass is 10.1. The average molecular weight is 455 g/mol. The van der Waals surface area contributed by atoms with Crippen LogP contribution in [-0.4, -0.2) is 31.6 Å². The zero-order valence-corrected chi connectivity index (χ0v) is 19.6. The molecule has 172 valence electrons. The number of hydrogen-bond donors (Lipinski definition) is 2. The Labute approximate surface area is 198 Å². The molecule has 0 bridgehead atoms. The quantitative estimate of drug-likeness (QED) is 0.452. The molecule has 0 saturated heterocycles. The van der Waals surface area contributed by atoms with Gasteiger partial charge in [0.15, 0.2) is 0 Å². The number of carbonyl (C=O) groups excluding carboxylic acids is 2. The first kappa shape index (κ1) is 22.8. The van der Waals surface area contributed by atoms with E-state index in [9.17, 15) is 9.59 Å². The van der Waals surface area contributed by atoms with Crippen LogP contribution in [0, 0.1) is 27.7 Å². The summed E-state index contributed by atoms with van der Waals surface area (Å²) in [6, 6.07) is 17.9. The van der Waals surface area contributed by atoms with Gasteiger partial charge in [-0.3, -0.25) is 9.59 Å². The molecule has 0 radical (unpaired) electrons. The van der Waals surface area contributed by atoms with Crippen molar-refractivity contribution in [3.8, 4) is 5.95 Å². The number of aryl methyl sites for hydroxylation is 3. The Kier molecular flexibility index (Phi) is 6.49. The van der Waals surface area contributed by atoms with E-state index >= 15 is 0 Å². The summed E-state index contributed by atoms with van der Waals surface area (Å²) in [6.45, 7) is 7.60. The first-order valence-electron chi connectivity index (χ1n) is 10.9. The van der Waals surface area contributed by atoms with E-state index in [1.165, 1.54) is 0 Å². The summed E-state index contributed by atoms with van der Waals surface area (Å²) in [5.74, 6) is 0.0987. The molecule has 0 aliphatic carbocycles. The molecule has 0 fully saturated rings. The number of nitrogens with one attached hydrogen (secondary N) is 2. The second-order valence-corrected chi connectivity index (χ2v) is 8.14. The Morgan fingerprint density at radius 3 is 2.15 bits per heavy atom. The molecule has 4 aromatic rings. The van der Waals surface area contributed by atoms with Crippen molar-refractivity contribution in [3.05, 3.63) is 94.6 Å². The van der Waals surface area contributed by atoms with Crippen molar-refractivity contribution in [2.45, 2.75) is 34.1 Å². The van der Waals surface area contributed by atoms with Gasteiger partial charge in [0.25, 0.3) is 11.9 Å². The van der Waals surface area contributed by atoms with Crippen LogP contribution in [0.25, 0.3) is 5.95 Å². The van der Waals surface area contributed by atoms with Gasteiger partial charge in [0.05, 0.1) is 12.1 Å². The van der Waals surface area contributed by atoms with Crippen molar-refractivity contribution in [3.63, 3.8) is 0 Å². The third kappa shape index (κ3) is 5.17. The third-order valence-corrected chi connectivity index (χ3v) is 5.38. The van der Waals surface area contributed by atoms with Crippen LogP contribution in [0.15, 0.2) is 60.7 Å². The lowest BCUT2D eigenvalue weighted by molar-refractivity contribution is -0.115. The van der Waals surface area contributed by atoms with Gasteiger partial charge < -0.3 is 10.6 Å². The molecule has 8 heteroatoms. The maximum Gasteiger partial charge on any atom is 0.255 e. The smallest absolute Gasteiger partial charge is 0.255 e. The van der Waals surface area contributed by atoms with E-state index in [1.807, 2.05) is 52.0 Å². The second kappa shape index (κ2) is 9.66. The lowest BCUT2D eigenvalue weighted by Crippen LogP contribution is -2.16. The zero-order chi connectivity index (χ0) is 24.2. The van der Waals surface area contributed by atoms with Gasteiger partial charge in [0.2, 0.25) is 5.91 Å². The molecule has 2 N–H and O–H groups in total. The minimum atomic E-state index is -0.212. The number of anilines is 2. The Morgan fingerprint density at radius 2 is 1.47 bits per heavy atom. The Balaban J connectivity index is 1.47. The van der Waals surface area contributed by atoms with Crippen LogP contribution in [0.2, 0.25) is 0 Å². The summed E-state index contributed by atoms with van der Waals surface area (Å²) in [4.78, 5) is 34.2. The van der Waals surface area contributed by atoms with Crippen molar-refractivity contribution in [1.82, 2.24) is 19.7 Å². The SMILES string of the molecule is Cc1cc(C)nc(-n2nc(C)c(CC(=O)Nc3cccc(NC(=O)c4ccccc4)c3)c2C)n1. The van der Waals surface area contributed by atoms with Crippen molar-refractivity contribution in [1.29, 1.82) is 0 Å². The fourth-order valence-corrected chi connectivity index (χ4v) is 3.76. The van der Waals surface area contributed by atoms with Gasteiger partial charge in [0, 0.05) is 39.6 Å². The predicted molar refractivity (Wildman–Crippen MR) is 131 cm³/mol. The van der Waals surface area contributed by atoms with Crippen molar-refractivity contribution < 1.29 is 9.59 Å². The standard InChI is InChI=1S/C26H26N6O2/c1-16-13-17(2)28-26(27-16)32-19(4)23(18(3)31-32)15-24(33)29-21-11-8-12-22(14-21)30-25(34)20-9-6-5-7-10-20/h5-14H,15H2,1-4H3,(H,29,33)(H,30,34). The van der Waals surface area contributed by atoms with Gasteiger partial charge in [-0.05, 0) is 64.1 Å². The summed E-state index contributed by atoms with van der Waals surface area (Å²) in [7, 11) is 0. The summed E-state index contributed by atoms with van der Waals surface area (Å²) in [5, 5.41) is 10.3. The number of nitrogens with zero attached hydrogens (tertiary/aromatic N) is 4. The minimum Gasteiger partial charge on any atom is -0.326 e. The molecule has 0 aliphatic heterocycles. The molecule has 4 rings (SSSR count). The largest absolute Gasteiger partial charge is 0.326 e. The molecule has 2 aromatic heterocycles. The van der Waals surface area contributed by atoms with Crippen molar-refractivity contribution in [2.24, 2.45) is 0 Å². The normalized spacial score (nSPS) is 10.7. The second-order valence-electron chi connectivity index (χ2n) is 8.14. The molecule has 0 aliphatic rings. The number of carbonyl (C=O) groups is 2. The number of rotatable bonds is 6. The van der Waals surface area contributed by atoms with Crippen LogP contribution < -0.4 is 10.6 Å². The van der Waals surface area contributed by atoms with Gasteiger partial charge in [-0.2, -0.15) is 5.10 Å². The lowest BCUT2D eigenvalue weighted by Gasteiger charge is -2.09. The topological polar surface area (TPSA) is 102 Å². The number of aromatic nitrogens is 4. The maximum absolute atomic E-state index is 12.8. The fourth-order valence-electron chi connectivity index (χ4n) is 3.76. The van der Waals surface area contributed by atoms with Gasteiger partial charge in [-0.1, -0.05) is 24.3 Å². The van der Waals surface area contributed by atoms with E-state index in [0.29, 0.717) is 22.9 Å². The van der Waals surface area contributed by atoms with Crippen LogP contribution in [-0.2, 0) is 11.2 Å². The van der Waals surface area contributed by atoms with Crippen molar-refractivity contribution >= 4 is 23.2 Å². The highest BCUT2D eigenvalue weighted by molar-refractivity contribution is 6.04. The van der Waals surface area contributed by atoms with Crippen LogP contribution in [0.1, 0.15) is 38.7 Å². The molecule has 0 atom stereocenters. The molecule has 2 aromatic carbocycles. The summed E-state index contributed by atoms with van der Waals surface area (Å²) in [5.41, 5.74) is 5.86. The molecule has 8 nitrogen and oxygen atoms in total. The van der Waals surface area contributed by atoms with Crippen LogP contribution in [0.5, 0.6) is 0 Å². The Hall–Kier alpha value is -4.33. The number of hydrogen-bond acceptors (Lipinski definition) is 5. The van der Waals surface area contributed by atoms with E-state index in [0.717, 1.165) is 28.3 Å². The molecule has 2 heterocycles. The predicted octanol–water partition coefficient (Wildman–Crippen LogP) is 4.33. The summed E-state index contributed by atoms with van der Waals surface area (Å²) < 4.78 is 1.68. The average Bonchev–Trinajstić information content (AvgIpc) is 3.07. The minimum absolute atomic E-state index is 0.156. The van der Waals surface area contributed by atoms with E-state index in [2.05, 4.69) is 25.7 Å². The molecule has 0 saturated carbocycles. The Morgan fingerprint density at radius 1 is 0.824 bits per heavy atom. The van der Waals surface area contributed by atoms with E-state index in [1.54, 1.807) is 41.1 Å². The van der Waals surface area contributed by atoms with E-state index in [4.69, 9.17) is 0 Å². The van der Waals surface area contributed by atoms with Crippen LogP contribution >= 0.6 is 0 Å². The highest BCUT2D eigenvalue weighted by Crippen LogP contribution is 2.20. The highest BCUT2D eigenvalue weighted by Gasteiger charge is 2.18. The van der Waals surface area contributed by atoms with Crippen LogP contribution in [0.3, 0.4) is 0 Å². The molecule has 2 amide bonds. The fraction of sp³-hybridized carbons (Fsp3) is 0.192. The first-order valence-corrected chi connectivity index (χ1v) is 10.9. The van der Waals surface area contributed by atoms with Gasteiger partial charge >= 0.3 is 0 Å². The summed E-state index contributed by atoms with van der Waals surface area (Å²) in [6.07, 6.45) is 0.156. The van der Waals surface area contributed by atoms with E-state index < -0.39 is 0 Å². The Bertz CT molecular complexity index is 1340. The van der Waals surface area contributed by atoms with Gasteiger partial charge in [-0.15, -0.1) is 0 Å².